The number of benzene rings is 1. The van der Waals surface area contributed by atoms with E-state index < -0.39 is 5.97 Å². The number of ether oxygens (including phenoxy) is 1. The SMILES string of the molecule is Cc1nc(COc2cccc(CC(=O)O)c2)sc1C. The van der Waals surface area contributed by atoms with Crippen LogP contribution in [-0.2, 0) is 17.8 Å². The first-order valence-corrected chi connectivity index (χ1v) is 6.72. The summed E-state index contributed by atoms with van der Waals surface area (Å²) in [5.41, 5.74) is 1.76. The number of carboxylic acids is 1. The number of carbonyl (C=O) groups is 1. The molecule has 0 unspecified atom stereocenters. The number of aliphatic carboxylic acids is 1. The van der Waals surface area contributed by atoms with Crippen LogP contribution in [0.4, 0.5) is 0 Å². The van der Waals surface area contributed by atoms with E-state index in [-0.39, 0.29) is 6.42 Å². The van der Waals surface area contributed by atoms with E-state index in [0.717, 1.165) is 16.3 Å². The number of hydrogen-bond donors (Lipinski definition) is 1. The summed E-state index contributed by atoms with van der Waals surface area (Å²) in [4.78, 5) is 16.2. The number of nitrogens with zero attached hydrogens (tertiary/aromatic N) is 1. The van der Waals surface area contributed by atoms with Gasteiger partial charge in [0.05, 0.1) is 12.1 Å². The lowest BCUT2D eigenvalue weighted by molar-refractivity contribution is -0.136. The van der Waals surface area contributed by atoms with Crippen molar-refractivity contribution < 1.29 is 14.6 Å². The molecule has 1 aromatic heterocycles. The molecule has 4 nitrogen and oxygen atoms in total. The molecule has 5 heteroatoms. The second-order valence-corrected chi connectivity index (χ2v) is 5.54. The molecule has 1 N–H and O–H groups in total. The Morgan fingerprint density at radius 3 is 2.84 bits per heavy atom. The van der Waals surface area contributed by atoms with Gasteiger partial charge in [0.25, 0.3) is 0 Å². The smallest absolute Gasteiger partial charge is 0.307 e. The lowest BCUT2D eigenvalue weighted by Crippen LogP contribution is -2.01. The van der Waals surface area contributed by atoms with Crippen molar-refractivity contribution in [2.24, 2.45) is 0 Å². The van der Waals surface area contributed by atoms with Crippen molar-refractivity contribution in [3.8, 4) is 5.75 Å². The van der Waals surface area contributed by atoms with Crippen molar-refractivity contribution >= 4 is 17.3 Å². The fourth-order valence-electron chi connectivity index (χ4n) is 1.67. The Balaban J connectivity index is 2.01. The molecule has 2 rings (SSSR count). The fraction of sp³-hybridized carbons (Fsp3) is 0.286. The largest absolute Gasteiger partial charge is 0.486 e. The number of aryl methyl sites for hydroxylation is 2. The Labute approximate surface area is 115 Å². The number of carboxylic acid groups (broad SMARTS) is 1. The third kappa shape index (κ3) is 3.79. The first-order valence-electron chi connectivity index (χ1n) is 5.91. The lowest BCUT2D eigenvalue weighted by Gasteiger charge is -2.05. The molecule has 0 amide bonds. The maximum atomic E-state index is 10.7. The summed E-state index contributed by atoms with van der Waals surface area (Å²) in [6, 6.07) is 7.14. The van der Waals surface area contributed by atoms with E-state index in [4.69, 9.17) is 9.84 Å². The first-order chi connectivity index (χ1) is 9.04. The highest BCUT2D eigenvalue weighted by Gasteiger charge is 2.05. The van der Waals surface area contributed by atoms with E-state index >= 15 is 0 Å². The molecule has 1 heterocycles. The molecule has 1 aromatic carbocycles. The number of aromatic nitrogens is 1. The van der Waals surface area contributed by atoms with E-state index in [1.54, 1.807) is 29.5 Å². The number of thiazole rings is 1. The molecular formula is C14H15NO3S. The molecule has 0 saturated heterocycles. The van der Waals surface area contributed by atoms with Crippen LogP contribution in [0.2, 0.25) is 0 Å². The van der Waals surface area contributed by atoms with Gasteiger partial charge in [-0.3, -0.25) is 4.79 Å². The molecule has 0 saturated carbocycles. The van der Waals surface area contributed by atoms with E-state index in [1.807, 2.05) is 19.9 Å². The number of rotatable bonds is 5. The van der Waals surface area contributed by atoms with Gasteiger partial charge in [0, 0.05) is 4.88 Å². The second-order valence-electron chi connectivity index (χ2n) is 4.26. The summed E-state index contributed by atoms with van der Waals surface area (Å²) in [5.74, 6) is -0.174. The van der Waals surface area contributed by atoms with Crippen LogP contribution in [0.1, 0.15) is 21.1 Å². The van der Waals surface area contributed by atoms with Gasteiger partial charge in [0.2, 0.25) is 0 Å². The third-order valence-corrected chi connectivity index (χ3v) is 3.74. The highest BCUT2D eigenvalue weighted by Crippen LogP contribution is 2.20. The van der Waals surface area contributed by atoms with E-state index in [9.17, 15) is 4.79 Å². The van der Waals surface area contributed by atoms with Crippen LogP contribution in [0.15, 0.2) is 24.3 Å². The molecule has 0 aliphatic rings. The minimum Gasteiger partial charge on any atom is -0.486 e. The van der Waals surface area contributed by atoms with E-state index in [1.165, 1.54) is 4.88 Å². The quantitative estimate of drug-likeness (QED) is 0.912. The topological polar surface area (TPSA) is 59.4 Å². The van der Waals surface area contributed by atoms with E-state index in [0.29, 0.717) is 12.4 Å². The van der Waals surface area contributed by atoms with Crippen LogP contribution in [0.3, 0.4) is 0 Å². The zero-order valence-corrected chi connectivity index (χ0v) is 11.7. The maximum absolute atomic E-state index is 10.7. The van der Waals surface area contributed by atoms with Crippen molar-refractivity contribution in [1.29, 1.82) is 0 Å². The highest BCUT2D eigenvalue weighted by molar-refractivity contribution is 7.11. The Kier molecular flexibility index (Phi) is 4.16. The van der Waals surface area contributed by atoms with Crippen molar-refractivity contribution in [2.75, 3.05) is 0 Å². The molecule has 0 bridgehead atoms. The maximum Gasteiger partial charge on any atom is 0.307 e. The first kappa shape index (κ1) is 13.5. The average Bonchev–Trinajstić information content (AvgIpc) is 2.66. The van der Waals surface area contributed by atoms with Gasteiger partial charge in [-0.1, -0.05) is 12.1 Å². The molecule has 0 fully saturated rings. The second kappa shape index (κ2) is 5.84. The molecule has 2 aromatic rings. The van der Waals surface area contributed by atoms with Crippen molar-refractivity contribution in [2.45, 2.75) is 26.9 Å². The summed E-state index contributed by atoms with van der Waals surface area (Å²) in [5, 5.41) is 9.68. The summed E-state index contributed by atoms with van der Waals surface area (Å²) >= 11 is 1.62. The van der Waals surface area contributed by atoms with Gasteiger partial charge in [-0.25, -0.2) is 4.98 Å². The minimum absolute atomic E-state index is 0.00662. The molecule has 100 valence electrons. The third-order valence-electron chi connectivity index (χ3n) is 2.69. The predicted octanol–water partition coefficient (Wildman–Crippen LogP) is 2.97. The Morgan fingerprint density at radius 2 is 2.21 bits per heavy atom. The van der Waals surface area contributed by atoms with Gasteiger partial charge in [0.1, 0.15) is 17.4 Å². The average molecular weight is 277 g/mol. The summed E-state index contributed by atoms with van der Waals surface area (Å²) < 4.78 is 5.64. The van der Waals surface area contributed by atoms with Crippen molar-refractivity contribution in [1.82, 2.24) is 4.98 Å². The van der Waals surface area contributed by atoms with Gasteiger partial charge >= 0.3 is 5.97 Å². The monoisotopic (exact) mass is 277 g/mol. The standard InChI is InChI=1S/C14H15NO3S/c1-9-10(2)19-13(15-9)8-18-12-5-3-4-11(6-12)7-14(16)17/h3-6H,7-8H2,1-2H3,(H,16,17). The van der Waals surface area contributed by atoms with Gasteiger partial charge in [-0.05, 0) is 31.5 Å². The van der Waals surface area contributed by atoms with E-state index in [2.05, 4.69) is 4.98 Å². The molecule has 0 spiro atoms. The summed E-state index contributed by atoms with van der Waals surface area (Å²) in [6.07, 6.45) is 0.00662. The Bertz CT molecular complexity index is 573. The van der Waals surface area contributed by atoms with Crippen LogP contribution in [0.25, 0.3) is 0 Å². The predicted molar refractivity (Wildman–Crippen MR) is 73.7 cm³/mol. The van der Waals surface area contributed by atoms with Gasteiger partial charge in [-0.2, -0.15) is 0 Å². The van der Waals surface area contributed by atoms with Crippen molar-refractivity contribution in [3.05, 3.63) is 45.4 Å². The minimum atomic E-state index is -0.844. The van der Waals surface area contributed by atoms with Crippen LogP contribution >= 0.6 is 11.3 Å². The Morgan fingerprint density at radius 1 is 1.42 bits per heavy atom. The molecular weight excluding hydrogens is 262 g/mol. The van der Waals surface area contributed by atoms with Crippen LogP contribution in [0.5, 0.6) is 5.75 Å². The van der Waals surface area contributed by atoms with Gasteiger partial charge < -0.3 is 9.84 Å². The molecule has 0 aliphatic heterocycles. The van der Waals surface area contributed by atoms with Crippen molar-refractivity contribution in [3.63, 3.8) is 0 Å². The molecule has 0 aliphatic carbocycles. The van der Waals surface area contributed by atoms with Crippen LogP contribution in [0, 0.1) is 13.8 Å². The summed E-state index contributed by atoms with van der Waals surface area (Å²) in [7, 11) is 0. The molecule has 0 radical (unpaired) electrons. The fourth-order valence-corrected chi connectivity index (χ4v) is 2.51. The zero-order chi connectivity index (χ0) is 13.8. The van der Waals surface area contributed by atoms with Gasteiger partial charge in [0.15, 0.2) is 0 Å². The zero-order valence-electron chi connectivity index (χ0n) is 10.8. The molecule has 19 heavy (non-hydrogen) atoms. The molecule has 0 atom stereocenters. The lowest BCUT2D eigenvalue weighted by atomic mass is 10.1. The van der Waals surface area contributed by atoms with Crippen LogP contribution < -0.4 is 4.74 Å². The van der Waals surface area contributed by atoms with Gasteiger partial charge in [-0.15, -0.1) is 11.3 Å². The summed E-state index contributed by atoms with van der Waals surface area (Å²) in [6.45, 7) is 4.42. The van der Waals surface area contributed by atoms with Crippen LogP contribution in [-0.4, -0.2) is 16.1 Å². The Hall–Kier alpha value is -1.88. The highest BCUT2D eigenvalue weighted by atomic mass is 32.1. The normalized spacial score (nSPS) is 10.4. The number of hydrogen-bond acceptors (Lipinski definition) is 4.